The summed E-state index contributed by atoms with van der Waals surface area (Å²) in [7, 11) is 0. The van der Waals surface area contributed by atoms with Crippen molar-refractivity contribution in [1.82, 2.24) is 9.97 Å². The van der Waals surface area contributed by atoms with E-state index in [0.29, 0.717) is 0 Å². The van der Waals surface area contributed by atoms with Gasteiger partial charge in [0.05, 0.1) is 0 Å². The molecule has 0 aliphatic rings. The molecule has 0 saturated carbocycles. The molecule has 1 atom stereocenters. The molecule has 1 unspecified atom stereocenters. The summed E-state index contributed by atoms with van der Waals surface area (Å²) in [6.45, 7) is 0. The summed E-state index contributed by atoms with van der Waals surface area (Å²) in [4.78, 5) is 7.63. The number of H-pyrrole nitrogens is 1. The van der Waals surface area contributed by atoms with E-state index in [0.717, 1.165) is 16.7 Å². The molecule has 0 amide bonds. The highest BCUT2D eigenvalue weighted by Crippen LogP contribution is 2.31. The maximum Gasteiger partial charge on any atom is 0.107 e. The maximum absolute atomic E-state index is 4.23. The third-order valence-electron chi connectivity index (χ3n) is 2.22. The first kappa shape index (κ1) is 12.6. The zero-order chi connectivity index (χ0) is 11.5. The molecule has 0 saturated heterocycles. The van der Waals surface area contributed by atoms with Gasteiger partial charge in [-0.1, -0.05) is 31.9 Å². The van der Waals surface area contributed by atoms with Crippen molar-refractivity contribution in [3.8, 4) is 0 Å². The van der Waals surface area contributed by atoms with Gasteiger partial charge < -0.3 is 4.98 Å². The van der Waals surface area contributed by atoms with Gasteiger partial charge in [0.15, 0.2) is 0 Å². The summed E-state index contributed by atoms with van der Waals surface area (Å²) in [6.07, 6.45) is 4.49. The van der Waals surface area contributed by atoms with Crippen molar-refractivity contribution in [2.75, 3.05) is 0 Å². The molecule has 1 N–H and O–H groups in total. The van der Waals surface area contributed by atoms with Crippen LogP contribution in [-0.2, 0) is 6.42 Å². The first-order valence-electron chi connectivity index (χ1n) is 4.74. The molecule has 0 radical (unpaired) electrons. The van der Waals surface area contributed by atoms with Crippen molar-refractivity contribution >= 4 is 54.5 Å². The van der Waals surface area contributed by atoms with E-state index in [1.165, 1.54) is 9.13 Å². The van der Waals surface area contributed by atoms with Crippen molar-refractivity contribution in [3.63, 3.8) is 0 Å². The molecule has 0 aliphatic heterocycles. The van der Waals surface area contributed by atoms with E-state index in [9.17, 15) is 0 Å². The lowest BCUT2D eigenvalue weighted by molar-refractivity contribution is 0.872. The van der Waals surface area contributed by atoms with Gasteiger partial charge in [0.1, 0.15) is 5.82 Å². The number of nitrogens with zero attached hydrogens (tertiary/aromatic N) is 1. The SMILES string of the molecule is Brc1ccc(I)c(C(Br)Cc2ncc[nH]2)c1. The Morgan fingerprint density at radius 3 is 2.94 bits per heavy atom. The third-order valence-corrected chi connectivity index (χ3v) is 4.52. The minimum atomic E-state index is 0.281. The lowest BCUT2D eigenvalue weighted by atomic mass is 10.1. The van der Waals surface area contributed by atoms with E-state index in [1.54, 1.807) is 6.20 Å². The molecule has 84 valence electrons. The van der Waals surface area contributed by atoms with Crippen LogP contribution in [0.1, 0.15) is 16.2 Å². The molecular formula is C11H9Br2IN2. The summed E-state index contributed by atoms with van der Waals surface area (Å²) < 4.78 is 2.36. The second-order valence-corrected chi connectivity index (χ2v) is 6.56. The second-order valence-electron chi connectivity index (χ2n) is 3.37. The Balaban J connectivity index is 2.20. The van der Waals surface area contributed by atoms with Crippen molar-refractivity contribution < 1.29 is 0 Å². The lowest BCUT2D eigenvalue weighted by Gasteiger charge is -2.11. The Hall–Kier alpha value is 0.120. The van der Waals surface area contributed by atoms with Gasteiger partial charge in [0.2, 0.25) is 0 Å². The number of benzene rings is 1. The molecule has 0 bridgehead atoms. The van der Waals surface area contributed by atoms with Crippen molar-refractivity contribution in [1.29, 1.82) is 0 Å². The molecular weight excluding hydrogens is 447 g/mol. The zero-order valence-corrected chi connectivity index (χ0v) is 13.6. The number of aromatic nitrogens is 2. The summed E-state index contributed by atoms with van der Waals surface area (Å²) >= 11 is 9.55. The molecule has 0 spiro atoms. The molecule has 1 heterocycles. The Morgan fingerprint density at radius 2 is 2.25 bits per heavy atom. The topological polar surface area (TPSA) is 28.7 Å². The largest absolute Gasteiger partial charge is 0.349 e. The molecule has 1 aromatic carbocycles. The molecule has 5 heteroatoms. The quantitative estimate of drug-likeness (QED) is 0.537. The number of hydrogen-bond acceptors (Lipinski definition) is 1. The first-order chi connectivity index (χ1) is 7.66. The smallest absolute Gasteiger partial charge is 0.107 e. The Bertz CT molecular complexity index is 471. The van der Waals surface area contributed by atoms with Crippen LogP contribution in [-0.4, -0.2) is 9.97 Å². The normalized spacial score (nSPS) is 12.7. The second kappa shape index (κ2) is 5.64. The van der Waals surface area contributed by atoms with Crippen LogP contribution in [0.3, 0.4) is 0 Å². The number of hydrogen-bond donors (Lipinski definition) is 1. The van der Waals surface area contributed by atoms with Gasteiger partial charge in [-0.15, -0.1) is 0 Å². The molecule has 2 rings (SSSR count). The van der Waals surface area contributed by atoms with Crippen LogP contribution in [0.25, 0.3) is 0 Å². The number of aromatic amines is 1. The number of alkyl halides is 1. The predicted octanol–water partition coefficient (Wildman–Crippen LogP) is 4.46. The molecule has 2 aromatic rings. The number of halogens is 3. The monoisotopic (exact) mass is 454 g/mol. The van der Waals surface area contributed by atoms with Gasteiger partial charge in [-0.2, -0.15) is 0 Å². The highest BCUT2D eigenvalue weighted by Gasteiger charge is 2.13. The van der Waals surface area contributed by atoms with Crippen LogP contribution < -0.4 is 0 Å². The number of nitrogens with one attached hydrogen (secondary N) is 1. The summed E-state index contributed by atoms with van der Waals surface area (Å²) in [5.74, 6) is 0.998. The van der Waals surface area contributed by atoms with E-state index < -0.39 is 0 Å². The average Bonchev–Trinajstić information content (AvgIpc) is 2.74. The van der Waals surface area contributed by atoms with Gasteiger partial charge in [-0.05, 0) is 46.4 Å². The van der Waals surface area contributed by atoms with Crippen molar-refractivity contribution in [2.45, 2.75) is 11.2 Å². The maximum atomic E-state index is 4.23. The van der Waals surface area contributed by atoms with Crippen LogP contribution in [0.15, 0.2) is 35.1 Å². The van der Waals surface area contributed by atoms with Crippen LogP contribution in [0.5, 0.6) is 0 Å². The highest BCUT2D eigenvalue weighted by molar-refractivity contribution is 14.1. The molecule has 16 heavy (non-hydrogen) atoms. The van der Waals surface area contributed by atoms with E-state index in [2.05, 4.69) is 82.6 Å². The van der Waals surface area contributed by atoms with E-state index in [4.69, 9.17) is 0 Å². The van der Waals surface area contributed by atoms with Gasteiger partial charge in [-0.25, -0.2) is 4.98 Å². The Labute approximate surface area is 125 Å². The van der Waals surface area contributed by atoms with Crippen molar-refractivity contribution in [3.05, 3.63) is 50.0 Å². The average molecular weight is 456 g/mol. The minimum absolute atomic E-state index is 0.281. The van der Waals surface area contributed by atoms with Gasteiger partial charge in [0.25, 0.3) is 0 Å². The highest BCUT2D eigenvalue weighted by atomic mass is 127. The predicted molar refractivity (Wildman–Crippen MR) is 80.8 cm³/mol. The number of rotatable bonds is 3. The van der Waals surface area contributed by atoms with Gasteiger partial charge in [0, 0.05) is 31.7 Å². The molecule has 0 fully saturated rings. The standard InChI is InChI=1S/C11H9Br2IN2/c12-7-1-2-10(14)8(5-7)9(13)6-11-15-3-4-16-11/h1-5,9H,6H2,(H,15,16). The first-order valence-corrected chi connectivity index (χ1v) is 7.53. The van der Waals surface area contributed by atoms with Crippen LogP contribution in [0.4, 0.5) is 0 Å². The van der Waals surface area contributed by atoms with E-state index >= 15 is 0 Å². The lowest BCUT2D eigenvalue weighted by Crippen LogP contribution is -1.99. The van der Waals surface area contributed by atoms with Crippen LogP contribution in [0, 0.1) is 3.57 Å². The van der Waals surface area contributed by atoms with Crippen LogP contribution in [0.2, 0.25) is 0 Å². The Morgan fingerprint density at radius 1 is 1.44 bits per heavy atom. The summed E-state index contributed by atoms with van der Waals surface area (Å²) in [5, 5.41) is 0. The van der Waals surface area contributed by atoms with Gasteiger partial charge in [-0.3, -0.25) is 0 Å². The fourth-order valence-electron chi connectivity index (χ4n) is 1.44. The minimum Gasteiger partial charge on any atom is -0.349 e. The van der Waals surface area contributed by atoms with Gasteiger partial charge >= 0.3 is 0 Å². The third kappa shape index (κ3) is 3.07. The summed E-state index contributed by atoms with van der Waals surface area (Å²) in [6, 6.07) is 6.30. The zero-order valence-electron chi connectivity index (χ0n) is 8.25. The summed E-state index contributed by atoms with van der Waals surface area (Å²) in [5.41, 5.74) is 1.28. The fourth-order valence-corrected chi connectivity index (χ4v) is 3.65. The number of imidazole rings is 1. The fraction of sp³-hybridized carbons (Fsp3) is 0.182. The molecule has 1 aromatic heterocycles. The molecule has 2 nitrogen and oxygen atoms in total. The molecule has 0 aliphatic carbocycles. The van der Waals surface area contributed by atoms with E-state index in [-0.39, 0.29) is 4.83 Å². The Kier molecular flexibility index (Phi) is 4.43. The van der Waals surface area contributed by atoms with Crippen molar-refractivity contribution in [2.24, 2.45) is 0 Å². The van der Waals surface area contributed by atoms with Crippen LogP contribution >= 0.6 is 54.5 Å². The van der Waals surface area contributed by atoms with E-state index in [1.807, 2.05) is 6.20 Å².